The summed E-state index contributed by atoms with van der Waals surface area (Å²) in [6.07, 6.45) is 6.31. The summed E-state index contributed by atoms with van der Waals surface area (Å²) in [6, 6.07) is 3.54. The van der Waals surface area contributed by atoms with E-state index in [1.54, 1.807) is 110 Å². The molecule has 0 radical (unpaired) electrons. The van der Waals surface area contributed by atoms with Crippen molar-refractivity contribution in [3.63, 3.8) is 0 Å². The maximum Gasteiger partial charge on any atom is 0.410 e. The number of aromatic nitrogens is 6. The number of aryl methyl sites for hydroxylation is 2. The number of H-pyrrole nitrogens is 1. The highest BCUT2D eigenvalue weighted by Gasteiger charge is 2.51. The molecule has 4 aromatic heterocycles. The molecule has 2 aliphatic carbocycles. The van der Waals surface area contributed by atoms with Gasteiger partial charge in [-0.25, -0.2) is 29.1 Å². The number of nitrogens with one attached hydrogen (secondary N) is 1. The fraction of sp³-hybridized carbons (Fsp3) is 0.614. The smallest absolute Gasteiger partial charge is 0.410 e. The number of amides is 2. The van der Waals surface area contributed by atoms with Gasteiger partial charge in [0.05, 0.1) is 56.9 Å². The number of likely N-dealkylation sites (tertiary alicyclic amines) is 2. The molecule has 2 amide bonds. The lowest BCUT2D eigenvalue weighted by atomic mass is 9.76. The van der Waals surface area contributed by atoms with Crippen LogP contribution in [0.5, 0.6) is 0 Å². The van der Waals surface area contributed by atoms with E-state index in [2.05, 4.69) is 20.2 Å². The fourth-order valence-electron chi connectivity index (χ4n) is 9.85. The van der Waals surface area contributed by atoms with E-state index in [0.717, 1.165) is 58.2 Å². The minimum Gasteiger partial charge on any atom is -0.461 e. The van der Waals surface area contributed by atoms with Gasteiger partial charge in [0.25, 0.3) is 10.1 Å². The van der Waals surface area contributed by atoms with Crippen LogP contribution in [0, 0.1) is 10.8 Å². The number of esters is 4. The number of nitrogens with zero attached hydrogens (tertiary/aromatic N) is 7. The minimum atomic E-state index is -3.66. The monoisotopic (exact) mass is 1220 g/mol. The van der Waals surface area contributed by atoms with Gasteiger partial charge >= 0.3 is 36.1 Å². The second kappa shape index (κ2) is 25.5. The lowest BCUT2D eigenvalue weighted by molar-refractivity contribution is -0.163. The molecule has 6 heterocycles. The maximum atomic E-state index is 13.2. The molecule has 0 atom stereocenters. The van der Waals surface area contributed by atoms with Gasteiger partial charge in [0.2, 0.25) is 0 Å². The number of carbonyl (C=O) groups excluding carboxylic acids is 6. The predicted octanol–water partition coefficient (Wildman–Crippen LogP) is 9.17. The quantitative estimate of drug-likeness (QED) is 0.0565. The van der Waals surface area contributed by atoms with Crippen LogP contribution in [-0.4, -0.2) is 159 Å². The molecule has 0 bridgehead atoms. The van der Waals surface area contributed by atoms with E-state index in [9.17, 15) is 37.2 Å². The third-order valence-electron chi connectivity index (χ3n) is 12.9. The normalized spacial score (nSPS) is 15.8. The molecular weight excluding hydrogens is 1140 g/mol. The van der Waals surface area contributed by atoms with Crippen molar-refractivity contribution in [3.05, 3.63) is 68.5 Å². The van der Waals surface area contributed by atoms with Gasteiger partial charge in [-0.3, -0.25) is 23.6 Å². The molecule has 8 rings (SSSR count). The standard InChI is InChI=1S/C28H37ClN4O6.C16H29NO7S.C13H12ClN3O2/c1-8-37-24(35)23-18-10-9-17-13-30-20(29)11-19(17)22(18)31-33(23)16-28(12-21(34)38-26(2,3)4)14-32(15-28)25(36)39-27(5,6)7;1-14(2,3)23-12(18)8-16(11-22-25(7,20)21)9-17(10-16)13(19)24-15(4,5)6;1-2-19-13(18)12-8-4-3-7-6-15-10(14)5-9(7)11(8)16-17-12/h11,13H,8-10,12,14-16H2,1-7H3;8-11H2,1-7H3;5-6H,2-4H2,1H3,(H,16,17). The number of hydrogen-bond donors (Lipinski definition) is 1. The molecule has 83 heavy (non-hydrogen) atoms. The summed E-state index contributed by atoms with van der Waals surface area (Å²) in [5.41, 5.74) is 3.63. The molecule has 4 aliphatic rings. The molecule has 2 fully saturated rings. The zero-order chi connectivity index (χ0) is 61.8. The maximum absolute atomic E-state index is 13.2. The summed E-state index contributed by atoms with van der Waals surface area (Å²) in [5.74, 6) is -1.69. The lowest BCUT2D eigenvalue weighted by Gasteiger charge is -2.49. The van der Waals surface area contributed by atoms with Crippen molar-refractivity contribution in [1.82, 2.24) is 39.7 Å². The van der Waals surface area contributed by atoms with Gasteiger partial charge in [-0.15, -0.1) is 0 Å². The molecule has 0 unspecified atom stereocenters. The Morgan fingerprint density at radius 3 is 1.51 bits per heavy atom. The molecule has 2 saturated heterocycles. The molecule has 26 heteroatoms. The summed E-state index contributed by atoms with van der Waals surface area (Å²) in [7, 11) is -3.66. The van der Waals surface area contributed by atoms with Crippen LogP contribution in [0.25, 0.3) is 22.5 Å². The Bertz CT molecular complexity index is 3190. The highest BCUT2D eigenvalue weighted by molar-refractivity contribution is 7.86. The van der Waals surface area contributed by atoms with Crippen molar-refractivity contribution in [3.8, 4) is 22.5 Å². The minimum absolute atomic E-state index is 0.0426. The van der Waals surface area contributed by atoms with Crippen LogP contribution in [-0.2, 0) is 84.5 Å². The van der Waals surface area contributed by atoms with Crippen LogP contribution < -0.4 is 0 Å². The number of fused-ring (bicyclic) bond motifs is 6. The number of rotatable bonds is 13. The topological polar surface area (TPSA) is 280 Å². The van der Waals surface area contributed by atoms with E-state index in [4.69, 9.17) is 60.9 Å². The second-order valence-electron chi connectivity index (χ2n) is 25.2. The van der Waals surface area contributed by atoms with Crippen LogP contribution in [0.15, 0.2) is 24.5 Å². The second-order valence-corrected chi connectivity index (χ2v) is 27.6. The van der Waals surface area contributed by atoms with E-state index < -0.39 is 67.5 Å². The molecule has 1 N–H and O–H groups in total. The number of halogens is 2. The SMILES string of the molecule is CC(C)(C)OC(=O)CC1(COS(C)(=O)=O)CN(C(=O)OC(C)(C)C)C1.CCOC(=O)c1[nH]nc2c1CCc1cnc(Cl)cc1-2.CCOC(=O)c1c2c(nn1CC1(CC(=O)OC(C)(C)C)CN(C(=O)OC(C)(C)C)C1)-c1cc(Cl)ncc1CC2. The molecular formula is C57H78Cl2N8O15S. The zero-order valence-electron chi connectivity index (χ0n) is 50.1. The van der Waals surface area contributed by atoms with Gasteiger partial charge in [-0.2, -0.15) is 18.6 Å². The zero-order valence-corrected chi connectivity index (χ0v) is 52.5. The van der Waals surface area contributed by atoms with Crippen molar-refractivity contribution in [1.29, 1.82) is 0 Å². The van der Waals surface area contributed by atoms with Gasteiger partial charge in [0, 0.05) is 71.7 Å². The molecule has 23 nitrogen and oxygen atoms in total. The Morgan fingerprint density at radius 2 is 1.05 bits per heavy atom. The Labute approximate surface area is 495 Å². The largest absolute Gasteiger partial charge is 0.461 e. The van der Waals surface area contributed by atoms with E-state index in [1.165, 1.54) is 4.90 Å². The van der Waals surface area contributed by atoms with E-state index in [1.807, 2.05) is 20.8 Å². The Balaban J connectivity index is 0.000000215. The molecule has 0 spiro atoms. The van der Waals surface area contributed by atoms with E-state index in [-0.39, 0.29) is 70.7 Å². The molecule has 4 aromatic rings. The Kier molecular flexibility index (Phi) is 20.2. The molecule has 0 aromatic carbocycles. The van der Waals surface area contributed by atoms with E-state index >= 15 is 0 Å². The molecule has 456 valence electrons. The average molecular weight is 1220 g/mol. The van der Waals surface area contributed by atoms with Crippen LogP contribution >= 0.6 is 23.2 Å². The van der Waals surface area contributed by atoms with Crippen LogP contribution in [0.2, 0.25) is 10.3 Å². The van der Waals surface area contributed by atoms with Gasteiger partial charge in [0.15, 0.2) is 0 Å². The highest BCUT2D eigenvalue weighted by atomic mass is 35.5. The molecule has 0 saturated carbocycles. The number of ether oxygens (including phenoxy) is 6. The van der Waals surface area contributed by atoms with E-state index in [0.29, 0.717) is 46.8 Å². The third-order valence-corrected chi connectivity index (χ3v) is 13.9. The first kappa shape index (κ1) is 65.8. The van der Waals surface area contributed by atoms with Gasteiger partial charge in [0.1, 0.15) is 44.1 Å². The van der Waals surface area contributed by atoms with Gasteiger partial charge < -0.3 is 38.2 Å². The predicted molar refractivity (Wildman–Crippen MR) is 306 cm³/mol. The van der Waals surface area contributed by atoms with Crippen LogP contribution in [0.4, 0.5) is 9.59 Å². The molecule has 2 aliphatic heterocycles. The highest BCUT2D eigenvalue weighted by Crippen LogP contribution is 2.42. The van der Waals surface area contributed by atoms with Gasteiger partial charge in [-0.1, -0.05) is 23.2 Å². The van der Waals surface area contributed by atoms with Crippen molar-refractivity contribution in [2.75, 3.05) is 52.3 Å². The third kappa shape index (κ3) is 18.1. The first-order valence-electron chi connectivity index (χ1n) is 27.4. The van der Waals surface area contributed by atoms with Crippen LogP contribution in [0.1, 0.15) is 153 Å². The number of carbonyl (C=O) groups is 6. The summed E-state index contributed by atoms with van der Waals surface area (Å²) in [4.78, 5) is 86.2. The summed E-state index contributed by atoms with van der Waals surface area (Å²) >= 11 is 12.1. The van der Waals surface area contributed by atoms with Crippen molar-refractivity contribution in [2.45, 2.75) is 164 Å². The Hall–Kier alpha value is -6.37. The van der Waals surface area contributed by atoms with Crippen molar-refractivity contribution in [2.24, 2.45) is 10.8 Å². The Morgan fingerprint density at radius 1 is 0.614 bits per heavy atom. The number of aromatic amines is 1. The summed E-state index contributed by atoms with van der Waals surface area (Å²) in [6.45, 7) is 26.3. The van der Waals surface area contributed by atoms with Gasteiger partial charge in [-0.05, 0) is 146 Å². The number of hydrogen-bond acceptors (Lipinski definition) is 19. The summed E-state index contributed by atoms with van der Waals surface area (Å²) < 4.78 is 61.3. The average Bonchev–Trinajstić information content (AvgIpc) is 3.81. The van der Waals surface area contributed by atoms with Crippen molar-refractivity contribution >= 4 is 69.4 Å². The first-order valence-corrected chi connectivity index (χ1v) is 29.9. The fourth-order valence-corrected chi connectivity index (χ4v) is 10.6. The van der Waals surface area contributed by atoms with Crippen LogP contribution in [0.3, 0.4) is 0 Å². The lowest BCUT2D eigenvalue weighted by Crippen LogP contribution is -2.62. The summed E-state index contributed by atoms with van der Waals surface area (Å²) in [5, 5.41) is 12.6. The first-order chi connectivity index (χ1) is 38.3. The van der Waals surface area contributed by atoms with Crippen molar-refractivity contribution < 1.29 is 69.8 Å². The number of pyridine rings is 2.